The van der Waals surface area contributed by atoms with E-state index >= 15 is 0 Å². The van der Waals surface area contributed by atoms with Crippen molar-refractivity contribution in [1.82, 2.24) is 9.97 Å². The van der Waals surface area contributed by atoms with E-state index in [0.29, 0.717) is 21.3 Å². The van der Waals surface area contributed by atoms with Gasteiger partial charge in [0.05, 0.1) is 17.1 Å². The van der Waals surface area contributed by atoms with Crippen LogP contribution in [0.1, 0.15) is 17.3 Å². The fourth-order valence-corrected chi connectivity index (χ4v) is 2.57. The van der Waals surface area contributed by atoms with Crippen LogP contribution in [-0.4, -0.2) is 22.5 Å². The van der Waals surface area contributed by atoms with Gasteiger partial charge in [0.25, 0.3) is 0 Å². The summed E-state index contributed by atoms with van der Waals surface area (Å²) in [5.41, 5.74) is 18.0. The van der Waals surface area contributed by atoms with Crippen LogP contribution in [0.25, 0.3) is 0 Å². The molecular formula is C13H15N5O2S. The highest BCUT2D eigenvalue weighted by atomic mass is 32.2. The fraction of sp³-hybridized carbons (Fsp3) is 0.154. The van der Waals surface area contributed by atoms with Crippen molar-refractivity contribution in [2.24, 2.45) is 0 Å². The van der Waals surface area contributed by atoms with Crippen LogP contribution in [0.15, 0.2) is 34.3 Å². The largest absolute Gasteiger partial charge is 0.462 e. The molecule has 8 heteroatoms. The number of carbonyl (C=O) groups excluding carboxylic acids is 1. The molecule has 21 heavy (non-hydrogen) atoms. The lowest BCUT2D eigenvalue weighted by molar-refractivity contribution is 0.0522. The first-order valence-corrected chi connectivity index (χ1v) is 6.96. The Balaban J connectivity index is 2.41. The highest BCUT2D eigenvalue weighted by Crippen LogP contribution is 2.34. The predicted molar refractivity (Wildman–Crippen MR) is 81.8 cm³/mol. The summed E-state index contributed by atoms with van der Waals surface area (Å²) in [4.78, 5) is 20.6. The summed E-state index contributed by atoms with van der Waals surface area (Å²) in [7, 11) is 0. The van der Waals surface area contributed by atoms with Gasteiger partial charge in [0.15, 0.2) is 5.16 Å². The molecule has 0 unspecified atom stereocenters. The van der Waals surface area contributed by atoms with Crippen LogP contribution < -0.4 is 17.2 Å². The van der Waals surface area contributed by atoms with E-state index < -0.39 is 5.97 Å². The Morgan fingerprint density at radius 1 is 1.24 bits per heavy atom. The van der Waals surface area contributed by atoms with E-state index in [0.717, 1.165) is 11.8 Å². The van der Waals surface area contributed by atoms with Crippen molar-refractivity contribution in [1.29, 1.82) is 0 Å². The lowest BCUT2D eigenvalue weighted by Gasteiger charge is -2.10. The molecule has 1 aromatic heterocycles. The third-order valence-corrected chi connectivity index (χ3v) is 3.50. The van der Waals surface area contributed by atoms with Gasteiger partial charge in [-0.25, -0.2) is 14.8 Å². The van der Waals surface area contributed by atoms with E-state index in [1.165, 1.54) is 6.07 Å². The minimum absolute atomic E-state index is 0.247. The number of rotatable bonds is 4. The van der Waals surface area contributed by atoms with Gasteiger partial charge in [-0.05, 0) is 30.8 Å². The van der Waals surface area contributed by atoms with Crippen LogP contribution in [0.3, 0.4) is 0 Å². The first-order valence-electron chi connectivity index (χ1n) is 6.14. The fourth-order valence-electron chi connectivity index (χ4n) is 1.64. The standard InChI is InChI=1S/C13H15N5O2S/c1-2-20-12(19)7-4-3-5-8(14)11(7)21-13-17-9(15)6-10(16)18-13/h3-6H,2,14H2,1H3,(H4,15,16,17,18). The van der Waals surface area contributed by atoms with Gasteiger partial charge in [-0.3, -0.25) is 0 Å². The SMILES string of the molecule is CCOC(=O)c1cccc(N)c1Sc1nc(N)cc(N)n1. The van der Waals surface area contributed by atoms with E-state index in [4.69, 9.17) is 21.9 Å². The van der Waals surface area contributed by atoms with Crippen LogP contribution in [0.4, 0.5) is 17.3 Å². The number of nitrogens with zero attached hydrogens (tertiary/aromatic N) is 2. The van der Waals surface area contributed by atoms with Crippen molar-refractivity contribution < 1.29 is 9.53 Å². The molecule has 0 atom stereocenters. The molecule has 0 amide bonds. The molecule has 2 aromatic rings. The minimum atomic E-state index is -0.454. The molecule has 0 aliphatic carbocycles. The number of anilines is 3. The zero-order valence-electron chi connectivity index (χ0n) is 11.4. The second kappa shape index (κ2) is 6.31. The molecule has 0 aliphatic heterocycles. The Morgan fingerprint density at radius 2 is 1.90 bits per heavy atom. The molecule has 0 radical (unpaired) electrons. The highest BCUT2D eigenvalue weighted by Gasteiger charge is 2.17. The minimum Gasteiger partial charge on any atom is -0.462 e. The Labute approximate surface area is 125 Å². The molecule has 0 saturated carbocycles. The molecule has 1 heterocycles. The van der Waals surface area contributed by atoms with E-state index in [-0.39, 0.29) is 18.2 Å². The summed E-state index contributed by atoms with van der Waals surface area (Å²) >= 11 is 1.12. The number of ether oxygens (including phenoxy) is 1. The molecule has 0 bridgehead atoms. The molecule has 0 saturated heterocycles. The van der Waals surface area contributed by atoms with Crippen LogP contribution in [-0.2, 0) is 4.74 Å². The van der Waals surface area contributed by atoms with Crippen molar-refractivity contribution in [3.8, 4) is 0 Å². The zero-order valence-corrected chi connectivity index (χ0v) is 12.2. The van der Waals surface area contributed by atoms with Gasteiger partial charge in [-0.1, -0.05) is 6.07 Å². The Hall–Kier alpha value is -2.48. The normalized spacial score (nSPS) is 10.3. The average Bonchev–Trinajstić information content (AvgIpc) is 2.40. The van der Waals surface area contributed by atoms with E-state index in [1.54, 1.807) is 25.1 Å². The number of nitrogens with two attached hydrogens (primary N) is 3. The molecule has 0 aliphatic rings. The van der Waals surface area contributed by atoms with Crippen molar-refractivity contribution in [3.63, 3.8) is 0 Å². The monoisotopic (exact) mass is 305 g/mol. The van der Waals surface area contributed by atoms with Crippen molar-refractivity contribution >= 4 is 35.1 Å². The van der Waals surface area contributed by atoms with E-state index in [2.05, 4.69) is 9.97 Å². The molecule has 6 N–H and O–H groups in total. The molecule has 0 spiro atoms. The van der Waals surface area contributed by atoms with Crippen molar-refractivity contribution in [3.05, 3.63) is 29.8 Å². The molecular weight excluding hydrogens is 290 g/mol. The Morgan fingerprint density at radius 3 is 2.52 bits per heavy atom. The Kier molecular flexibility index (Phi) is 4.49. The van der Waals surface area contributed by atoms with E-state index in [1.807, 2.05) is 0 Å². The summed E-state index contributed by atoms with van der Waals surface area (Å²) in [6.45, 7) is 2.01. The average molecular weight is 305 g/mol. The van der Waals surface area contributed by atoms with Gasteiger partial charge in [0.2, 0.25) is 0 Å². The lowest BCUT2D eigenvalue weighted by Crippen LogP contribution is -2.08. The number of hydrogen-bond acceptors (Lipinski definition) is 8. The maximum absolute atomic E-state index is 12.0. The smallest absolute Gasteiger partial charge is 0.339 e. The maximum Gasteiger partial charge on any atom is 0.339 e. The first kappa shape index (κ1) is 14.9. The molecule has 2 rings (SSSR count). The molecule has 110 valence electrons. The summed E-state index contributed by atoms with van der Waals surface area (Å²) in [6.07, 6.45) is 0. The highest BCUT2D eigenvalue weighted by molar-refractivity contribution is 7.99. The zero-order chi connectivity index (χ0) is 15.4. The maximum atomic E-state index is 12.0. The van der Waals surface area contributed by atoms with Gasteiger partial charge >= 0.3 is 5.97 Å². The van der Waals surface area contributed by atoms with Crippen molar-refractivity contribution in [2.75, 3.05) is 23.8 Å². The molecule has 0 fully saturated rings. The predicted octanol–water partition coefficient (Wildman–Crippen LogP) is 1.55. The second-order valence-corrected chi connectivity index (χ2v) is 5.02. The third-order valence-electron chi connectivity index (χ3n) is 2.48. The number of nitrogen functional groups attached to an aromatic ring is 3. The van der Waals surface area contributed by atoms with Crippen LogP contribution in [0, 0.1) is 0 Å². The number of hydrogen-bond donors (Lipinski definition) is 3. The number of benzene rings is 1. The van der Waals surface area contributed by atoms with Gasteiger partial charge < -0.3 is 21.9 Å². The third kappa shape index (κ3) is 3.54. The van der Waals surface area contributed by atoms with Crippen LogP contribution in [0.2, 0.25) is 0 Å². The van der Waals surface area contributed by atoms with Crippen LogP contribution >= 0.6 is 11.8 Å². The summed E-state index contributed by atoms with van der Waals surface area (Å²) < 4.78 is 5.01. The van der Waals surface area contributed by atoms with Gasteiger partial charge in [0, 0.05) is 11.8 Å². The van der Waals surface area contributed by atoms with Crippen molar-refractivity contribution in [2.45, 2.75) is 17.0 Å². The second-order valence-electron chi connectivity index (χ2n) is 4.05. The number of aromatic nitrogens is 2. The first-order chi connectivity index (χ1) is 10.0. The summed E-state index contributed by atoms with van der Waals surface area (Å²) in [6, 6.07) is 6.44. The quantitative estimate of drug-likeness (QED) is 0.440. The van der Waals surface area contributed by atoms with Gasteiger partial charge in [-0.2, -0.15) is 0 Å². The van der Waals surface area contributed by atoms with Gasteiger partial charge in [0.1, 0.15) is 11.6 Å². The molecule has 7 nitrogen and oxygen atoms in total. The van der Waals surface area contributed by atoms with E-state index in [9.17, 15) is 4.79 Å². The summed E-state index contributed by atoms with van der Waals surface area (Å²) in [5, 5.41) is 0.316. The summed E-state index contributed by atoms with van der Waals surface area (Å²) in [5.74, 6) is 0.0403. The van der Waals surface area contributed by atoms with Crippen LogP contribution in [0.5, 0.6) is 0 Å². The lowest BCUT2D eigenvalue weighted by atomic mass is 10.2. The number of esters is 1. The Bertz CT molecular complexity index is 657. The number of carbonyl (C=O) groups is 1. The molecule has 1 aromatic carbocycles. The van der Waals surface area contributed by atoms with Gasteiger partial charge in [-0.15, -0.1) is 0 Å². The topological polar surface area (TPSA) is 130 Å².